The average Bonchev–Trinajstić information content (AvgIpc) is 2.86. The number of sulfonamides is 1. The number of nitrogens with zero attached hydrogens (tertiary/aromatic N) is 3. The standard InChI is InChI=1S/C15H20IN3O5S/c1-15(2,21)11-9-13(24-10-11)25(22,23)17-14(20)19-8-6-12(18(3)4)5-7-16-19/h5-10,21H,1-4H3,(H,17,20)/p-1. The Morgan fingerprint density at radius 2 is 2.12 bits per heavy atom. The molecule has 1 N–H and O–H groups in total. The van der Waals surface area contributed by atoms with Crippen LogP contribution in [0.1, 0.15) is 19.4 Å². The van der Waals surface area contributed by atoms with Gasteiger partial charge >= 0.3 is 157 Å². The van der Waals surface area contributed by atoms with Crippen molar-refractivity contribution in [3.05, 3.63) is 39.8 Å². The van der Waals surface area contributed by atoms with E-state index < -0.39 is 48.2 Å². The van der Waals surface area contributed by atoms with Crippen molar-refractivity contribution in [1.29, 1.82) is 0 Å². The van der Waals surface area contributed by atoms with E-state index >= 15 is 0 Å². The van der Waals surface area contributed by atoms with Crippen molar-refractivity contribution in [3.63, 3.8) is 0 Å². The topological polar surface area (TPSA) is 109 Å². The van der Waals surface area contributed by atoms with Crippen LogP contribution < -0.4 is 26.6 Å². The molecule has 8 nitrogen and oxygen atoms in total. The number of halogens is 1. The molecule has 0 unspecified atom stereocenters. The molecule has 0 aromatic carbocycles. The van der Waals surface area contributed by atoms with Crippen molar-refractivity contribution in [1.82, 2.24) is 4.90 Å². The Labute approximate surface area is 157 Å². The van der Waals surface area contributed by atoms with E-state index in [2.05, 4.69) is 4.40 Å². The molecule has 0 aliphatic carbocycles. The number of amidine groups is 1. The predicted octanol–water partition coefficient (Wildman–Crippen LogP) is -3.03. The summed E-state index contributed by atoms with van der Waals surface area (Å²) in [5.41, 5.74) is -0.0913. The minimum absolute atomic E-state index is 0.281. The van der Waals surface area contributed by atoms with E-state index in [0.29, 0.717) is 0 Å². The molecule has 10 heteroatoms. The molecule has 1 aromatic heterocycles. The molecule has 0 bridgehead atoms. The van der Waals surface area contributed by atoms with Gasteiger partial charge in [-0.15, -0.1) is 0 Å². The van der Waals surface area contributed by atoms with Crippen molar-refractivity contribution in [2.75, 3.05) is 14.1 Å². The number of furan rings is 1. The molecule has 0 fully saturated rings. The molecule has 0 atom stereocenters. The van der Waals surface area contributed by atoms with Gasteiger partial charge in [0.1, 0.15) is 0 Å². The van der Waals surface area contributed by atoms with Crippen LogP contribution >= 0.6 is 0 Å². The molecule has 2 heterocycles. The Hall–Kier alpha value is -1.66. The second-order valence-corrected chi connectivity index (χ2v) is 9.75. The van der Waals surface area contributed by atoms with Gasteiger partial charge in [-0.1, -0.05) is 0 Å². The van der Waals surface area contributed by atoms with Crippen LogP contribution in [0.2, 0.25) is 0 Å². The summed E-state index contributed by atoms with van der Waals surface area (Å²) in [5, 5.41) is 21.6. The number of hydrogen-bond acceptors (Lipinski definition) is 6. The zero-order valence-electron chi connectivity index (χ0n) is 14.2. The van der Waals surface area contributed by atoms with Gasteiger partial charge in [0, 0.05) is 0 Å². The molecule has 0 radical (unpaired) electrons. The van der Waals surface area contributed by atoms with Crippen LogP contribution in [-0.2, 0) is 15.6 Å². The van der Waals surface area contributed by atoms with Crippen molar-refractivity contribution < 1.29 is 47.3 Å². The van der Waals surface area contributed by atoms with Gasteiger partial charge in [-0.25, -0.2) is 0 Å². The molecule has 1 aliphatic heterocycles. The molecule has 1 aromatic rings. The van der Waals surface area contributed by atoms with Gasteiger partial charge in [-0.3, -0.25) is 0 Å². The maximum absolute atomic E-state index is 12.3. The van der Waals surface area contributed by atoms with Gasteiger partial charge < -0.3 is 0 Å². The quantitative estimate of drug-likeness (QED) is 0.213. The zero-order valence-corrected chi connectivity index (χ0v) is 17.1. The van der Waals surface area contributed by atoms with E-state index in [1.54, 1.807) is 6.08 Å². The number of likely N-dealkylation sites (N-methyl/N-ethyl adjacent to an activating group) is 1. The third-order valence-electron chi connectivity index (χ3n) is 3.20. The van der Waals surface area contributed by atoms with Crippen LogP contribution in [0.25, 0.3) is 0 Å². The fourth-order valence-corrected chi connectivity index (χ4v) is 4.29. The maximum atomic E-state index is 12.3. The first kappa shape index (κ1) is 19.7. The van der Waals surface area contributed by atoms with Gasteiger partial charge in [0.25, 0.3) is 0 Å². The number of allylic oxidation sites excluding steroid dienone is 2. The number of hydrogen-bond donors (Lipinski definition) is 1. The third kappa shape index (κ3) is 4.92. The summed E-state index contributed by atoms with van der Waals surface area (Å²) in [6.07, 6.45) is 6.23. The Bertz CT molecular complexity index is 873. The van der Waals surface area contributed by atoms with Gasteiger partial charge in [-0.2, -0.15) is 0 Å². The molecule has 0 amide bonds. The van der Waals surface area contributed by atoms with Crippen LogP contribution in [0.4, 0.5) is 0 Å². The number of rotatable bonds is 4. The molecule has 0 spiro atoms. The SMILES string of the molecule is CN(C)C1=CC=[N+](/C([O-])=N/S(=O)(=O)c2cc(C(C)(C)O)co2)[I-]C=C1. The van der Waals surface area contributed by atoms with E-state index in [0.717, 1.165) is 18.0 Å². The Morgan fingerprint density at radius 1 is 1.44 bits per heavy atom. The Morgan fingerprint density at radius 3 is 2.68 bits per heavy atom. The van der Waals surface area contributed by atoms with Crippen LogP contribution in [0, 0.1) is 0 Å². The molecular formula is C15H19IN3O5S-. The first-order valence-electron chi connectivity index (χ1n) is 7.16. The third-order valence-corrected chi connectivity index (χ3v) is 6.34. The van der Waals surface area contributed by atoms with Gasteiger partial charge in [-0.05, 0) is 0 Å². The fraction of sp³-hybridized carbons (Fsp3) is 0.333. The first-order valence-corrected chi connectivity index (χ1v) is 10.8. The molecule has 1 aliphatic rings. The second kappa shape index (κ2) is 7.30. The minimum atomic E-state index is -4.29. The summed E-state index contributed by atoms with van der Waals surface area (Å²) in [4.78, 5) is 1.87. The van der Waals surface area contributed by atoms with E-state index in [9.17, 15) is 18.6 Å². The second-order valence-electron chi connectivity index (χ2n) is 5.90. The molecule has 0 saturated carbocycles. The summed E-state index contributed by atoms with van der Waals surface area (Å²) in [5.74, 6) is 0. The van der Waals surface area contributed by atoms with Crippen LogP contribution in [0.15, 0.2) is 48.2 Å². The Kier molecular flexibility index (Phi) is 5.74. The van der Waals surface area contributed by atoms with Crippen molar-refractivity contribution >= 4 is 22.3 Å². The summed E-state index contributed by atoms with van der Waals surface area (Å²) in [6.45, 7) is 2.99. The monoisotopic (exact) mass is 480 g/mol. The van der Waals surface area contributed by atoms with Gasteiger partial charge in [0.15, 0.2) is 0 Å². The molecular weight excluding hydrogens is 461 g/mol. The summed E-state index contributed by atoms with van der Waals surface area (Å²) in [6, 6.07) is 0.284. The molecule has 0 saturated heterocycles. The normalized spacial score (nSPS) is 16.6. The van der Waals surface area contributed by atoms with E-state index in [-0.39, 0.29) is 5.56 Å². The molecule has 25 heavy (non-hydrogen) atoms. The van der Waals surface area contributed by atoms with E-state index in [1.807, 2.05) is 29.2 Å². The number of aliphatic hydroxyl groups is 1. The summed E-state index contributed by atoms with van der Waals surface area (Å²) in [7, 11) is -0.558. The van der Waals surface area contributed by atoms with Gasteiger partial charge in [0.05, 0.1) is 0 Å². The Balaban J connectivity index is 2.32. The van der Waals surface area contributed by atoms with Crippen LogP contribution in [-0.4, -0.2) is 47.5 Å². The van der Waals surface area contributed by atoms with Crippen molar-refractivity contribution in [2.45, 2.75) is 24.5 Å². The van der Waals surface area contributed by atoms with Crippen molar-refractivity contribution in [2.24, 2.45) is 4.40 Å². The van der Waals surface area contributed by atoms with E-state index in [1.165, 1.54) is 22.9 Å². The summed E-state index contributed by atoms with van der Waals surface area (Å²) >= 11 is -0.870. The predicted molar refractivity (Wildman–Crippen MR) is 85.8 cm³/mol. The first-order chi connectivity index (χ1) is 11.5. The zero-order chi connectivity index (χ0) is 18.8. The molecule has 2 rings (SSSR count). The summed E-state index contributed by atoms with van der Waals surface area (Å²) < 4.78 is 35.9. The van der Waals surface area contributed by atoms with Crippen LogP contribution in [0.5, 0.6) is 0 Å². The van der Waals surface area contributed by atoms with Crippen LogP contribution in [0.3, 0.4) is 0 Å². The van der Waals surface area contributed by atoms with E-state index in [4.69, 9.17) is 4.42 Å². The van der Waals surface area contributed by atoms with Gasteiger partial charge in [0.2, 0.25) is 0 Å². The average molecular weight is 480 g/mol. The fourth-order valence-electron chi connectivity index (χ4n) is 1.75. The molecule has 138 valence electrons. The van der Waals surface area contributed by atoms with Crippen molar-refractivity contribution in [3.8, 4) is 0 Å².